The summed E-state index contributed by atoms with van der Waals surface area (Å²) < 4.78 is 10.9. The Bertz CT molecular complexity index is 864. The summed E-state index contributed by atoms with van der Waals surface area (Å²) in [5.74, 6) is 1.36. The number of benzene rings is 2. The lowest BCUT2D eigenvalue weighted by Gasteiger charge is -2.25. The molecule has 0 saturated heterocycles. The van der Waals surface area contributed by atoms with Crippen LogP contribution in [0.4, 0.5) is 0 Å². The van der Waals surface area contributed by atoms with E-state index in [1.165, 1.54) is 0 Å². The van der Waals surface area contributed by atoms with E-state index in [4.69, 9.17) is 4.74 Å². The van der Waals surface area contributed by atoms with Gasteiger partial charge in [-0.2, -0.15) is 0 Å². The minimum atomic E-state index is -0.383. The van der Waals surface area contributed by atoms with E-state index >= 15 is 0 Å². The molecular weight excluding hydrogens is 1030 g/mol. The fraction of sp³-hybridized carbons (Fsp3) is 0.333. The van der Waals surface area contributed by atoms with E-state index in [2.05, 4.69) is 173 Å². The van der Waals surface area contributed by atoms with Gasteiger partial charge in [-0.3, -0.25) is 0 Å². The van der Waals surface area contributed by atoms with E-state index in [1.54, 1.807) is 0 Å². The molecule has 0 unspecified atom stereocenters. The van der Waals surface area contributed by atoms with E-state index in [1.807, 2.05) is 12.1 Å². The third-order valence-electron chi connectivity index (χ3n) is 4.12. The topological polar surface area (TPSA) is 9.23 Å². The van der Waals surface area contributed by atoms with Crippen LogP contribution in [0, 0.1) is 0 Å². The quantitative estimate of drug-likeness (QED) is 0.207. The maximum Gasteiger partial charge on any atom is 0.143 e. The maximum atomic E-state index is 6.39. The SMILES string of the molecule is CCC(Br)(Br)c1cc(Oc2cc(C(Br)(Br)CC)c(Br)c(Br)c2Br)c(Br)c(Br)c1Br. The first-order valence-corrected chi connectivity index (χ1v) is 16.0. The predicted molar refractivity (Wildman–Crippen MR) is 159 cm³/mol. The Labute approximate surface area is 254 Å². The van der Waals surface area contributed by atoms with Gasteiger partial charge in [-0.1, -0.05) is 77.6 Å². The number of alkyl halides is 4. The molecule has 0 amide bonds. The number of rotatable bonds is 6. The third kappa shape index (κ3) is 6.19. The van der Waals surface area contributed by atoms with Crippen LogP contribution in [-0.2, 0) is 6.47 Å². The van der Waals surface area contributed by atoms with Crippen molar-refractivity contribution in [1.82, 2.24) is 0 Å². The van der Waals surface area contributed by atoms with E-state index in [0.29, 0.717) is 11.5 Å². The molecule has 11 heteroatoms. The van der Waals surface area contributed by atoms with Crippen molar-refractivity contribution < 1.29 is 4.74 Å². The van der Waals surface area contributed by atoms with Gasteiger partial charge in [0.15, 0.2) is 0 Å². The Kier molecular flexibility index (Phi) is 10.9. The molecule has 0 aliphatic rings. The van der Waals surface area contributed by atoms with Crippen molar-refractivity contribution in [1.29, 1.82) is 0 Å². The first-order chi connectivity index (χ1) is 13.3. The summed E-state index contributed by atoms with van der Waals surface area (Å²) in [4.78, 5) is 0. The van der Waals surface area contributed by atoms with Crippen molar-refractivity contribution in [2.75, 3.05) is 0 Å². The van der Waals surface area contributed by atoms with Crippen molar-refractivity contribution in [3.63, 3.8) is 0 Å². The van der Waals surface area contributed by atoms with Crippen molar-refractivity contribution in [3.05, 3.63) is 50.1 Å². The second-order valence-corrected chi connectivity index (χ2v) is 18.2. The Morgan fingerprint density at radius 1 is 0.586 bits per heavy atom. The molecule has 0 saturated carbocycles. The van der Waals surface area contributed by atoms with Crippen molar-refractivity contribution in [2.45, 2.75) is 33.2 Å². The highest BCUT2D eigenvalue weighted by molar-refractivity contribution is 9.25. The molecule has 0 heterocycles. The first kappa shape index (κ1) is 28.3. The van der Waals surface area contributed by atoms with Crippen molar-refractivity contribution in [3.8, 4) is 11.5 Å². The number of hydrogen-bond donors (Lipinski definition) is 0. The summed E-state index contributed by atoms with van der Waals surface area (Å²) in [5.41, 5.74) is 2.03. The van der Waals surface area contributed by atoms with E-state index in [9.17, 15) is 0 Å². The Hall–Kier alpha value is 3.04. The molecule has 0 radical (unpaired) electrons. The molecule has 0 aliphatic carbocycles. The highest BCUT2D eigenvalue weighted by Gasteiger charge is 2.31. The van der Waals surface area contributed by atoms with Crippen LogP contribution >= 0.6 is 159 Å². The predicted octanol–water partition coefficient (Wildman–Crippen LogP) is 12.8. The number of halogens is 10. The summed E-state index contributed by atoms with van der Waals surface area (Å²) in [6.45, 7) is 4.19. The van der Waals surface area contributed by atoms with Gasteiger partial charge in [0, 0.05) is 8.95 Å². The maximum absolute atomic E-state index is 6.39. The van der Waals surface area contributed by atoms with Gasteiger partial charge in [-0.05, 0) is 132 Å². The molecular formula is C18H12Br10O. The van der Waals surface area contributed by atoms with Gasteiger partial charge in [0.1, 0.15) is 18.0 Å². The first-order valence-electron chi connectivity index (χ1n) is 8.07. The fourth-order valence-electron chi connectivity index (χ4n) is 2.34. The zero-order chi connectivity index (χ0) is 22.3. The minimum Gasteiger partial charge on any atom is -0.455 e. The van der Waals surface area contributed by atoms with E-state index in [0.717, 1.165) is 50.8 Å². The average molecular weight is 1040 g/mol. The average Bonchev–Trinajstić information content (AvgIpc) is 2.67. The molecule has 0 aromatic heterocycles. The molecule has 0 spiro atoms. The lowest BCUT2D eigenvalue weighted by molar-refractivity contribution is 0.473. The van der Waals surface area contributed by atoms with Crippen LogP contribution in [0.2, 0.25) is 0 Å². The summed E-state index contributed by atoms with van der Waals surface area (Å²) in [7, 11) is 0. The standard InChI is InChI=1S/C18H12Br10O/c1-3-17(25,26)7-5-9(13(21)15(23)11(7)19)29-10-6-8(18(27,28)4-2)12(20)16(24)14(10)22/h5-6H,3-4H2,1-2H3. The van der Waals surface area contributed by atoms with E-state index in [-0.39, 0.29) is 6.47 Å². The highest BCUT2D eigenvalue weighted by atomic mass is 79.9. The van der Waals surface area contributed by atoms with Crippen LogP contribution in [0.15, 0.2) is 39.0 Å². The summed E-state index contributed by atoms with van der Waals surface area (Å²) >= 11 is 37.0. The molecule has 160 valence electrons. The second-order valence-electron chi connectivity index (χ2n) is 5.95. The summed E-state index contributed by atoms with van der Waals surface area (Å²) in [5, 5.41) is 0. The van der Waals surface area contributed by atoms with Crippen LogP contribution in [0.3, 0.4) is 0 Å². The van der Waals surface area contributed by atoms with Gasteiger partial charge >= 0.3 is 0 Å². The van der Waals surface area contributed by atoms with Crippen LogP contribution in [-0.4, -0.2) is 0 Å². The van der Waals surface area contributed by atoms with Gasteiger partial charge in [0.25, 0.3) is 0 Å². The molecule has 2 aromatic carbocycles. The summed E-state index contributed by atoms with van der Waals surface area (Å²) in [6, 6.07) is 4.01. The molecule has 29 heavy (non-hydrogen) atoms. The van der Waals surface area contributed by atoms with Gasteiger partial charge in [-0.15, -0.1) is 0 Å². The minimum absolute atomic E-state index is 0.383. The second kappa shape index (κ2) is 11.2. The smallest absolute Gasteiger partial charge is 0.143 e. The van der Waals surface area contributed by atoms with Gasteiger partial charge < -0.3 is 4.74 Å². The van der Waals surface area contributed by atoms with Crippen LogP contribution in [0.25, 0.3) is 0 Å². The molecule has 0 atom stereocenters. The monoisotopic (exact) mass is 1030 g/mol. The molecule has 0 bridgehead atoms. The highest BCUT2D eigenvalue weighted by Crippen LogP contribution is 2.54. The van der Waals surface area contributed by atoms with Crippen molar-refractivity contribution in [2.24, 2.45) is 0 Å². The van der Waals surface area contributed by atoms with Gasteiger partial charge in [0.05, 0.1) is 17.9 Å². The largest absolute Gasteiger partial charge is 0.455 e. The fourth-order valence-corrected chi connectivity index (χ4v) is 8.10. The van der Waals surface area contributed by atoms with Gasteiger partial charge in [-0.25, -0.2) is 0 Å². The normalized spacial score (nSPS) is 12.4. The Morgan fingerprint density at radius 3 is 1.17 bits per heavy atom. The lowest BCUT2D eigenvalue weighted by atomic mass is 10.1. The molecule has 0 aliphatic heterocycles. The molecule has 1 nitrogen and oxygen atoms in total. The van der Waals surface area contributed by atoms with Crippen molar-refractivity contribution >= 4 is 159 Å². The zero-order valence-electron chi connectivity index (χ0n) is 14.8. The Morgan fingerprint density at radius 2 is 0.897 bits per heavy atom. The Balaban J connectivity index is 2.69. The van der Waals surface area contributed by atoms with Gasteiger partial charge in [0.2, 0.25) is 0 Å². The molecule has 2 rings (SSSR count). The third-order valence-corrected chi connectivity index (χ3v) is 15.0. The molecule has 0 N–H and O–H groups in total. The zero-order valence-corrected chi connectivity index (χ0v) is 30.6. The number of ether oxygens (including phenoxy) is 1. The lowest BCUT2D eigenvalue weighted by Crippen LogP contribution is -2.10. The van der Waals surface area contributed by atoms with Crippen LogP contribution in [0.1, 0.15) is 37.8 Å². The summed E-state index contributed by atoms with van der Waals surface area (Å²) in [6.07, 6.45) is 1.67. The number of hydrogen-bond acceptors (Lipinski definition) is 1. The van der Waals surface area contributed by atoms with Crippen LogP contribution in [0.5, 0.6) is 11.5 Å². The van der Waals surface area contributed by atoms with Crippen LogP contribution < -0.4 is 4.74 Å². The molecule has 2 aromatic rings. The molecule has 0 fully saturated rings. The van der Waals surface area contributed by atoms with E-state index < -0.39 is 0 Å².